The third-order valence-electron chi connectivity index (χ3n) is 4.93. The van der Waals surface area contributed by atoms with Crippen LogP contribution in [-0.4, -0.2) is 43.4 Å². The van der Waals surface area contributed by atoms with Crippen molar-refractivity contribution in [3.63, 3.8) is 0 Å². The minimum absolute atomic E-state index is 0.1000. The highest BCUT2D eigenvalue weighted by Crippen LogP contribution is 2.21. The van der Waals surface area contributed by atoms with Crippen molar-refractivity contribution in [2.24, 2.45) is 0 Å². The second-order valence-corrected chi connectivity index (χ2v) is 8.26. The highest BCUT2D eigenvalue weighted by atomic mass is 32.2. The van der Waals surface area contributed by atoms with Gasteiger partial charge in [0.25, 0.3) is 5.91 Å². The van der Waals surface area contributed by atoms with E-state index in [0.29, 0.717) is 28.8 Å². The first-order valence-electron chi connectivity index (χ1n) is 10.4. The predicted molar refractivity (Wildman–Crippen MR) is 126 cm³/mol. The number of benzene rings is 2. The van der Waals surface area contributed by atoms with Crippen molar-refractivity contribution in [3.05, 3.63) is 71.0 Å². The molecular weight excluding hydrogens is 442 g/mol. The number of rotatable bonds is 9. The van der Waals surface area contributed by atoms with Gasteiger partial charge in [-0.3, -0.25) is 9.59 Å². The second kappa shape index (κ2) is 10.8. The Morgan fingerprint density at radius 2 is 1.79 bits per heavy atom. The van der Waals surface area contributed by atoms with Crippen LogP contribution in [0.2, 0.25) is 0 Å². The molecule has 0 aliphatic rings. The monoisotopic (exact) mass is 467 g/mol. The highest BCUT2D eigenvalue weighted by Gasteiger charge is 2.20. The van der Waals surface area contributed by atoms with E-state index >= 15 is 0 Å². The van der Waals surface area contributed by atoms with Gasteiger partial charge in [-0.25, -0.2) is 4.79 Å². The van der Waals surface area contributed by atoms with Crippen LogP contribution in [-0.2, 0) is 11.3 Å². The lowest BCUT2D eigenvalue weighted by Crippen LogP contribution is -2.29. The number of aromatic nitrogens is 3. The summed E-state index contributed by atoms with van der Waals surface area (Å²) in [7, 11) is 0. The van der Waals surface area contributed by atoms with Crippen molar-refractivity contribution >= 4 is 35.2 Å². The number of anilines is 1. The summed E-state index contributed by atoms with van der Waals surface area (Å²) < 4.78 is 1.86. The number of aromatic carboxylic acids is 1. The Morgan fingerprint density at radius 3 is 2.42 bits per heavy atom. The SMILES string of the molecule is CCn1c(SCC(=O)Nc2ccc(C(=O)O)cc2)nnc1[C@@H](C)NC(=O)c1ccccc1C. The number of carboxylic acids is 1. The van der Waals surface area contributed by atoms with Gasteiger partial charge >= 0.3 is 5.97 Å². The lowest BCUT2D eigenvalue weighted by Gasteiger charge is -2.16. The van der Waals surface area contributed by atoms with Crippen molar-refractivity contribution in [3.8, 4) is 0 Å². The Morgan fingerprint density at radius 1 is 1.09 bits per heavy atom. The van der Waals surface area contributed by atoms with Crippen molar-refractivity contribution in [1.29, 1.82) is 0 Å². The van der Waals surface area contributed by atoms with E-state index in [1.807, 2.05) is 43.5 Å². The first-order chi connectivity index (χ1) is 15.8. The molecule has 3 aromatic rings. The summed E-state index contributed by atoms with van der Waals surface area (Å²) in [6.07, 6.45) is 0. The molecule has 33 heavy (non-hydrogen) atoms. The fraction of sp³-hybridized carbons (Fsp3) is 0.261. The van der Waals surface area contributed by atoms with E-state index in [0.717, 1.165) is 5.56 Å². The Bertz CT molecular complexity index is 1160. The molecule has 1 aromatic heterocycles. The minimum atomic E-state index is -1.03. The molecule has 0 aliphatic heterocycles. The lowest BCUT2D eigenvalue weighted by atomic mass is 10.1. The van der Waals surface area contributed by atoms with E-state index in [1.54, 1.807) is 6.07 Å². The quantitative estimate of drug-likeness (QED) is 0.411. The largest absolute Gasteiger partial charge is 0.478 e. The number of thioether (sulfide) groups is 1. The van der Waals surface area contributed by atoms with Crippen LogP contribution in [0.4, 0.5) is 5.69 Å². The molecule has 0 saturated carbocycles. The van der Waals surface area contributed by atoms with Crippen LogP contribution in [0.25, 0.3) is 0 Å². The maximum atomic E-state index is 12.6. The highest BCUT2D eigenvalue weighted by molar-refractivity contribution is 7.99. The van der Waals surface area contributed by atoms with Gasteiger partial charge in [-0.2, -0.15) is 0 Å². The van der Waals surface area contributed by atoms with Crippen LogP contribution >= 0.6 is 11.8 Å². The first kappa shape index (κ1) is 24.0. The molecule has 0 unspecified atom stereocenters. The fourth-order valence-corrected chi connectivity index (χ4v) is 4.02. The third-order valence-corrected chi connectivity index (χ3v) is 5.90. The summed E-state index contributed by atoms with van der Waals surface area (Å²) in [5.41, 5.74) is 2.15. The number of carbonyl (C=O) groups is 3. The molecule has 2 aromatic carbocycles. The molecular formula is C23H25N5O4S. The number of carbonyl (C=O) groups excluding carboxylic acids is 2. The molecule has 1 heterocycles. The molecule has 1 atom stereocenters. The van der Waals surface area contributed by atoms with E-state index < -0.39 is 5.97 Å². The van der Waals surface area contributed by atoms with E-state index in [4.69, 9.17) is 5.11 Å². The van der Waals surface area contributed by atoms with Gasteiger partial charge in [-0.1, -0.05) is 30.0 Å². The number of hydrogen-bond donors (Lipinski definition) is 3. The summed E-state index contributed by atoms with van der Waals surface area (Å²) in [5, 5.41) is 23.6. The molecule has 3 rings (SSSR count). The Balaban J connectivity index is 1.61. The van der Waals surface area contributed by atoms with Gasteiger partial charge in [-0.05, 0) is 56.7 Å². The Kier molecular flexibility index (Phi) is 7.83. The zero-order valence-corrected chi connectivity index (χ0v) is 19.3. The van der Waals surface area contributed by atoms with Gasteiger partial charge in [0.1, 0.15) is 0 Å². The van der Waals surface area contributed by atoms with Crippen LogP contribution in [0.15, 0.2) is 53.7 Å². The number of hydrogen-bond acceptors (Lipinski definition) is 6. The molecule has 0 aliphatic carbocycles. The summed E-state index contributed by atoms with van der Waals surface area (Å²) in [4.78, 5) is 35.9. The van der Waals surface area contributed by atoms with Gasteiger partial charge in [0.2, 0.25) is 5.91 Å². The van der Waals surface area contributed by atoms with Gasteiger partial charge in [0.05, 0.1) is 17.4 Å². The molecule has 3 N–H and O–H groups in total. The molecule has 9 nitrogen and oxygen atoms in total. The van der Waals surface area contributed by atoms with Gasteiger partial charge in [0.15, 0.2) is 11.0 Å². The Labute approximate surface area is 195 Å². The van der Waals surface area contributed by atoms with Crippen molar-refractivity contribution < 1.29 is 19.5 Å². The second-order valence-electron chi connectivity index (χ2n) is 7.31. The molecule has 0 fully saturated rings. The van der Waals surface area contributed by atoms with Crippen LogP contribution in [0.3, 0.4) is 0 Å². The zero-order valence-electron chi connectivity index (χ0n) is 18.5. The number of carboxylic acid groups (broad SMARTS) is 1. The summed E-state index contributed by atoms with van der Waals surface area (Å²) in [6, 6.07) is 12.9. The normalized spacial score (nSPS) is 11.6. The summed E-state index contributed by atoms with van der Waals surface area (Å²) >= 11 is 1.23. The summed E-state index contributed by atoms with van der Waals surface area (Å²) in [6.45, 7) is 6.24. The molecule has 0 bridgehead atoms. The third kappa shape index (κ3) is 5.98. The number of nitrogens with zero attached hydrogens (tertiary/aromatic N) is 3. The minimum Gasteiger partial charge on any atom is -0.478 e. The maximum absolute atomic E-state index is 12.6. The van der Waals surface area contributed by atoms with Crippen LogP contribution < -0.4 is 10.6 Å². The molecule has 10 heteroatoms. The van der Waals surface area contributed by atoms with Crippen LogP contribution in [0, 0.1) is 6.92 Å². The average molecular weight is 468 g/mol. The first-order valence-corrected chi connectivity index (χ1v) is 11.3. The molecule has 172 valence electrons. The predicted octanol–water partition coefficient (Wildman–Crippen LogP) is 3.53. The number of nitrogens with one attached hydrogen (secondary N) is 2. The average Bonchev–Trinajstić information content (AvgIpc) is 3.21. The van der Waals surface area contributed by atoms with Crippen LogP contribution in [0.1, 0.15) is 52.0 Å². The zero-order chi connectivity index (χ0) is 24.0. The topological polar surface area (TPSA) is 126 Å². The van der Waals surface area contributed by atoms with E-state index in [1.165, 1.54) is 36.0 Å². The van der Waals surface area contributed by atoms with E-state index in [-0.39, 0.29) is 29.2 Å². The van der Waals surface area contributed by atoms with Crippen molar-refractivity contribution in [1.82, 2.24) is 20.1 Å². The molecule has 0 saturated heterocycles. The molecule has 0 spiro atoms. The van der Waals surface area contributed by atoms with E-state index in [2.05, 4.69) is 20.8 Å². The Hall–Kier alpha value is -3.66. The van der Waals surface area contributed by atoms with Crippen LogP contribution in [0.5, 0.6) is 0 Å². The molecule has 2 amide bonds. The van der Waals surface area contributed by atoms with Crippen molar-refractivity contribution in [2.45, 2.75) is 38.5 Å². The van der Waals surface area contributed by atoms with E-state index in [9.17, 15) is 14.4 Å². The summed E-state index contributed by atoms with van der Waals surface area (Å²) in [5.74, 6) is -0.762. The molecule has 0 radical (unpaired) electrons. The van der Waals surface area contributed by atoms with Gasteiger partial charge < -0.3 is 20.3 Å². The lowest BCUT2D eigenvalue weighted by molar-refractivity contribution is -0.113. The van der Waals surface area contributed by atoms with Gasteiger partial charge in [-0.15, -0.1) is 10.2 Å². The smallest absolute Gasteiger partial charge is 0.335 e. The number of aryl methyl sites for hydroxylation is 1. The maximum Gasteiger partial charge on any atom is 0.335 e. The standard InChI is InChI=1S/C23H25N5O4S/c1-4-28-20(15(3)24-21(30)18-8-6-5-7-14(18)2)26-27-23(28)33-13-19(29)25-17-11-9-16(10-12-17)22(31)32/h5-12,15H,4,13H2,1-3H3,(H,24,30)(H,25,29)(H,31,32)/t15-/m1/s1. The fourth-order valence-electron chi connectivity index (χ4n) is 3.21. The number of amides is 2. The van der Waals surface area contributed by atoms with Gasteiger partial charge in [0, 0.05) is 17.8 Å². The van der Waals surface area contributed by atoms with Crippen molar-refractivity contribution in [2.75, 3.05) is 11.1 Å².